The Kier molecular flexibility index (Phi) is 4.92. The maximum absolute atomic E-state index is 5.63. The van der Waals surface area contributed by atoms with E-state index in [1.807, 2.05) is 18.2 Å². The molecule has 0 saturated carbocycles. The first kappa shape index (κ1) is 13.5. The molecule has 2 rings (SSSR count). The van der Waals surface area contributed by atoms with Crippen LogP contribution in [-0.2, 0) is 13.2 Å². The second-order valence-electron chi connectivity index (χ2n) is 4.33. The molecule has 0 fully saturated rings. The van der Waals surface area contributed by atoms with Gasteiger partial charge in [-0.25, -0.2) is 0 Å². The van der Waals surface area contributed by atoms with Crippen LogP contribution in [0, 0.1) is 6.92 Å². The molecule has 0 radical (unpaired) electrons. The van der Waals surface area contributed by atoms with E-state index in [-0.39, 0.29) is 0 Å². The van der Waals surface area contributed by atoms with E-state index in [9.17, 15) is 0 Å². The summed E-state index contributed by atoms with van der Waals surface area (Å²) >= 11 is 0. The minimum absolute atomic E-state index is 0.298. The highest BCUT2D eigenvalue weighted by atomic mass is 16.5. The van der Waals surface area contributed by atoms with Gasteiger partial charge in [-0.15, -0.1) is 10.2 Å². The minimum atomic E-state index is 0.298. The van der Waals surface area contributed by atoms with Gasteiger partial charge < -0.3 is 14.5 Å². The molecular formula is C14H19N3O2. The third-order valence-corrected chi connectivity index (χ3v) is 2.58. The number of nitrogens with zero attached hydrogens (tertiary/aromatic N) is 2. The molecule has 1 aromatic heterocycles. The molecule has 5 heteroatoms. The number of ether oxygens (including phenoxy) is 1. The summed E-state index contributed by atoms with van der Waals surface area (Å²) in [5, 5.41) is 11.0. The molecule has 1 heterocycles. The smallest absolute Gasteiger partial charge is 0.253 e. The molecule has 0 atom stereocenters. The van der Waals surface area contributed by atoms with Crippen molar-refractivity contribution in [2.45, 2.75) is 33.4 Å². The number of hydrogen-bond donors (Lipinski definition) is 1. The quantitative estimate of drug-likeness (QED) is 0.776. The van der Waals surface area contributed by atoms with Gasteiger partial charge in [0, 0.05) is 13.5 Å². The normalized spacial score (nSPS) is 10.6. The van der Waals surface area contributed by atoms with Gasteiger partial charge in [-0.3, -0.25) is 0 Å². The van der Waals surface area contributed by atoms with Crippen LogP contribution in [0.1, 0.15) is 30.7 Å². The van der Waals surface area contributed by atoms with Gasteiger partial charge in [0.2, 0.25) is 5.89 Å². The summed E-state index contributed by atoms with van der Waals surface area (Å²) in [7, 11) is 0. The lowest BCUT2D eigenvalue weighted by atomic mass is 10.2. The van der Waals surface area contributed by atoms with Crippen LogP contribution in [0.25, 0.3) is 0 Å². The first-order chi connectivity index (χ1) is 9.28. The Balaban J connectivity index is 1.87. The van der Waals surface area contributed by atoms with E-state index >= 15 is 0 Å². The van der Waals surface area contributed by atoms with Crippen LogP contribution in [0.5, 0.6) is 5.75 Å². The van der Waals surface area contributed by atoms with E-state index < -0.39 is 0 Å². The van der Waals surface area contributed by atoms with Crippen molar-refractivity contribution in [1.82, 2.24) is 15.5 Å². The number of hydrogen-bond acceptors (Lipinski definition) is 5. The molecule has 0 spiro atoms. The Morgan fingerprint density at radius 2 is 2.21 bits per heavy atom. The highest BCUT2D eigenvalue weighted by molar-refractivity contribution is 5.28. The molecule has 102 valence electrons. The Hall–Kier alpha value is -1.88. The number of aromatic nitrogens is 2. The lowest BCUT2D eigenvalue weighted by Gasteiger charge is -2.07. The molecule has 0 amide bonds. The SMILES string of the molecule is CCCNCc1cccc(OCc2nnc(C)o2)c1. The van der Waals surface area contributed by atoms with Crippen LogP contribution in [0.2, 0.25) is 0 Å². The summed E-state index contributed by atoms with van der Waals surface area (Å²) in [4.78, 5) is 0. The Morgan fingerprint density at radius 3 is 2.95 bits per heavy atom. The van der Waals surface area contributed by atoms with Crippen LogP contribution < -0.4 is 10.1 Å². The van der Waals surface area contributed by atoms with Crippen LogP contribution in [-0.4, -0.2) is 16.7 Å². The average Bonchev–Trinajstić information content (AvgIpc) is 2.83. The average molecular weight is 261 g/mol. The molecule has 1 aromatic carbocycles. The zero-order valence-corrected chi connectivity index (χ0v) is 11.3. The summed E-state index contributed by atoms with van der Waals surface area (Å²) in [6.45, 7) is 6.08. The van der Waals surface area contributed by atoms with Crippen molar-refractivity contribution in [3.05, 3.63) is 41.6 Å². The molecular weight excluding hydrogens is 242 g/mol. The molecule has 0 aliphatic carbocycles. The zero-order valence-electron chi connectivity index (χ0n) is 11.3. The molecule has 0 bridgehead atoms. The monoisotopic (exact) mass is 261 g/mol. The summed E-state index contributed by atoms with van der Waals surface area (Å²) in [6, 6.07) is 8.00. The lowest BCUT2D eigenvalue weighted by Crippen LogP contribution is -2.13. The molecule has 0 unspecified atom stereocenters. The van der Waals surface area contributed by atoms with E-state index in [0.29, 0.717) is 18.4 Å². The van der Waals surface area contributed by atoms with Crippen molar-refractivity contribution >= 4 is 0 Å². The van der Waals surface area contributed by atoms with E-state index in [1.165, 1.54) is 5.56 Å². The second-order valence-corrected chi connectivity index (χ2v) is 4.33. The van der Waals surface area contributed by atoms with Gasteiger partial charge in [0.15, 0.2) is 6.61 Å². The fraction of sp³-hybridized carbons (Fsp3) is 0.429. The van der Waals surface area contributed by atoms with Crippen LogP contribution >= 0.6 is 0 Å². The first-order valence-corrected chi connectivity index (χ1v) is 6.49. The highest BCUT2D eigenvalue weighted by Gasteiger charge is 2.03. The van der Waals surface area contributed by atoms with Crippen molar-refractivity contribution < 1.29 is 9.15 Å². The lowest BCUT2D eigenvalue weighted by molar-refractivity contribution is 0.260. The van der Waals surface area contributed by atoms with E-state index in [2.05, 4.69) is 28.5 Å². The summed E-state index contributed by atoms with van der Waals surface area (Å²) < 4.78 is 10.9. The Morgan fingerprint density at radius 1 is 1.32 bits per heavy atom. The van der Waals surface area contributed by atoms with Gasteiger partial charge in [-0.2, -0.15) is 0 Å². The van der Waals surface area contributed by atoms with Gasteiger partial charge in [0.1, 0.15) is 5.75 Å². The van der Waals surface area contributed by atoms with Gasteiger partial charge in [0.25, 0.3) is 5.89 Å². The third-order valence-electron chi connectivity index (χ3n) is 2.58. The molecule has 0 saturated heterocycles. The maximum atomic E-state index is 5.63. The van der Waals surface area contributed by atoms with Gasteiger partial charge >= 0.3 is 0 Å². The number of rotatable bonds is 7. The zero-order chi connectivity index (χ0) is 13.5. The fourth-order valence-corrected chi connectivity index (χ4v) is 1.70. The third kappa shape index (κ3) is 4.37. The Bertz CT molecular complexity index is 511. The van der Waals surface area contributed by atoms with Crippen LogP contribution in [0.3, 0.4) is 0 Å². The standard InChI is InChI=1S/C14H19N3O2/c1-3-7-15-9-12-5-4-6-13(8-12)18-10-14-17-16-11(2)19-14/h4-6,8,15H,3,7,9-10H2,1-2H3. The molecule has 1 N–H and O–H groups in total. The molecule has 0 aliphatic rings. The summed E-state index contributed by atoms with van der Waals surface area (Å²) in [5.41, 5.74) is 1.20. The predicted octanol–water partition coefficient (Wildman–Crippen LogP) is 2.46. The first-order valence-electron chi connectivity index (χ1n) is 6.49. The topological polar surface area (TPSA) is 60.2 Å². The summed E-state index contributed by atoms with van der Waals surface area (Å²) in [5.74, 6) is 1.86. The Labute approximate surface area is 113 Å². The van der Waals surface area contributed by atoms with Crippen LogP contribution in [0.4, 0.5) is 0 Å². The number of aryl methyl sites for hydroxylation is 1. The van der Waals surface area contributed by atoms with Gasteiger partial charge in [0.05, 0.1) is 0 Å². The predicted molar refractivity (Wildman–Crippen MR) is 71.8 cm³/mol. The number of benzene rings is 1. The molecule has 19 heavy (non-hydrogen) atoms. The maximum Gasteiger partial charge on any atom is 0.253 e. The van der Waals surface area contributed by atoms with Crippen molar-refractivity contribution in [2.75, 3.05) is 6.54 Å². The molecule has 0 aliphatic heterocycles. The largest absolute Gasteiger partial charge is 0.484 e. The fourth-order valence-electron chi connectivity index (χ4n) is 1.70. The van der Waals surface area contributed by atoms with Crippen molar-refractivity contribution in [3.8, 4) is 5.75 Å². The van der Waals surface area contributed by atoms with Gasteiger partial charge in [-0.1, -0.05) is 19.1 Å². The van der Waals surface area contributed by atoms with Crippen LogP contribution in [0.15, 0.2) is 28.7 Å². The summed E-state index contributed by atoms with van der Waals surface area (Å²) in [6.07, 6.45) is 1.13. The van der Waals surface area contributed by atoms with Crippen molar-refractivity contribution in [2.24, 2.45) is 0 Å². The van der Waals surface area contributed by atoms with Gasteiger partial charge in [-0.05, 0) is 30.7 Å². The minimum Gasteiger partial charge on any atom is -0.484 e. The number of nitrogens with one attached hydrogen (secondary N) is 1. The van der Waals surface area contributed by atoms with E-state index in [4.69, 9.17) is 9.15 Å². The van der Waals surface area contributed by atoms with E-state index in [0.717, 1.165) is 25.3 Å². The molecule has 2 aromatic rings. The highest BCUT2D eigenvalue weighted by Crippen LogP contribution is 2.14. The molecule has 5 nitrogen and oxygen atoms in total. The second kappa shape index (κ2) is 6.89. The van der Waals surface area contributed by atoms with E-state index in [1.54, 1.807) is 6.92 Å². The van der Waals surface area contributed by atoms with Crippen molar-refractivity contribution in [3.63, 3.8) is 0 Å². The van der Waals surface area contributed by atoms with Crippen molar-refractivity contribution in [1.29, 1.82) is 0 Å².